The van der Waals surface area contributed by atoms with Crippen LogP contribution in [0.1, 0.15) is 24.2 Å². The second kappa shape index (κ2) is 6.85. The first-order chi connectivity index (χ1) is 8.17. The third-order valence-corrected chi connectivity index (χ3v) is 2.33. The average molecular weight is 251 g/mol. The third kappa shape index (κ3) is 4.40. The second-order valence-corrected chi connectivity index (χ2v) is 3.83. The number of hydrogen-bond donors (Lipinski definition) is 3. The average Bonchev–Trinajstić information content (AvgIpc) is 2.30. The van der Waals surface area contributed by atoms with Gasteiger partial charge < -0.3 is 16.0 Å². The predicted molar refractivity (Wildman–Crippen MR) is 74.3 cm³/mol. The van der Waals surface area contributed by atoms with E-state index in [1.54, 1.807) is 12.1 Å². The van der Waals surface area contributed by atoms with Crippen LogP contribution in [0.3, 0.4) is 0 Å². The number of nitrogens with one attached hydrogen (secondary N) is 3. The molecule has 0 spiro atoms. The number of hydrogen-bond acceptors (Lipinski definition) is 2. The molecule has 0 aliphatic carbocycles. The number of carbonyl (C=O) groups is 1. The van der Waals surface area contributed by atoms with Crippen LogP contribution in [0.25, 0.3) is 0 Å². The van der Waals surface area contributed by atoms with E-state index in [1.165, 1.54) is 0 Å². The summed E-state index contributed by atoms with van der Waals surface area (Å²) in [6, 6.07) is 7.19. The highest BCUT2D eigenvalue weighted by Gasteiger charge is 2.03. The molecule has 5 heteroatoms. The van der Waals surface area contributed by atoms with Crippen molar-refractivity contribution in [3.63, 3.8) is 0 Å². The number of thiocarbonyl (C=S) groups is 1. The standard InChI is InChI=1S/C12H17N3OS/c1-3-13-11(16)9-5-7-10(8-6-9)15-12(17)14-4-2/h5-8H,3-4H2,1-2H3,(H,13,16)(H2,14,15,17). The molecule has 92 valence electrons. The van der Waals surface area contributed by atoms with Crippen molar-refractivity contribution in [3.8, 4) is 0 Å². The lowest BCUT2D eigenvalue weighted by molar-refractivity contribution is 0.0956. The highest BCUT2D eigenvalue weighted by molar-refractivity contribution is 7.80. The van der Waals surface area contributed by atoms with Gasteiger partial charge >= 0.3 is 0 Å². The Morgan fingerprint density at radius 3 is 2.24 bits per heavy atom. The van der Waals surface area contributed by atoms with Crippen molar-refractivity contribution >= 4 is 28.9 Å². The Kier molecular flexibility index (Phi) is 5.42. The van der Waals surface area contributed by atoms with Crippen molar-refractivity contribution in [1.82, 2.24) is 10.6 Å². The Balaban J connectivity index is 2.61. The molecule has 3 N–H and O–H groups in total. The van der Waals surface area contributed by atoms with Gasteiger partial charge in [0.1, 0.15) is 0 Å². The normalized spacial score (nSPS) is 9.53. The van der Waals surface area contributed by atoms with Crippen LogP contribution in [-0.2, 0) is 0 Å². The van der Waals surface area contributed by atoms with E-state index in [-0.39, 0.29) is 5.91 Å². The summed E-state index contributed by atoms with van der Waals surface area (Å²) in [7, 11) is 0. The van der Waals surface area contributed by atoms with E-state index < -0.39 is 0 Å². The largest absolute Gasteiger partial charge is 0.363 e. The molecular formula is C12H17N3OS. The van der Waals surface area contributed by atoms with Crippen LogP contribution in [0.4, 0.5) is 5.69 Å². The maximum absolute atomic E-state index is 11.5. The van der Waals surface area contributed by atoms with Crippen LogP contribution in [0.15, 0.2) is 24.3 Å². The van der Waals surface area contributed by atoms with Gasteiger partial charge in [-0.15, -0.1) is 0 Å². The summed E-state index contributed by atoms with van der Waals surface area (Å²) >= 11 is 5.06. The monoisotopic (exact) mass is 251 g/mol. The number of anilines is 1. The minimum absolute atomic E-state index is 0.0618. The van der Waals surface area contributed by atoms with Gasteiger partial charge in [0.05, 0.1) is 0 Å². The van der Waals surface area contributed by atoms with Crippen LogP contribution in [0, 0.1) is 0 Å². The molecule has 1 rings (SSSR count). The van der Waals surface area contributed by atoms with E-state index in [2.05, 4.69) is 16.0 Å². The van der Waals surface area contributed by atoms with E-state index in [4.69, 9.17) is 12.2 Å². The predicted octanol–water partition coefficient (Wildman–Crippen LogP) is 1.74. The molecule has 0 aliphatic rings. The van der Waals surface area contributed by atoms with Gasteiger partial charge in [0.15, 0.2) is 5.11 Å². The molecular weight excluding hydrogens is 234 g/mol. The molecule has 0 fully saturated rings. The number of amides is 1. The molecule has 1 aromatic carbocycles. The van der Waals surface area contributed by atoms with Gasteiger partial charge in [-0.05, 0) is 50.3 Å². The van der Waals surface area contributed by atoms with Gasteiger partial charge in [0, 0.05) is 24.3 Å². The molecule has 0 saturated heterocycles. The fourth-order valence-corrected chi connectivity index (χ4v) is 1.57. The zero-order valence-electron chi connectivity index (χ0n) is 10.0. The second-order valence-electron chi connectivity index (χ2n) is 3.42. The first-order valence-corrected chi connectivity index (χ1v) is 6.01. The highest BCUT2D eigenvalue weighted by Crippen LogP contribution is 2.09. The van der Waals surface area contributed by atoms with Crippen molar-refractivity contribution in [3.05, 3.63) is 29.8 Å². The molecule has 0 heterocycles. The Labute approximate surface area is 107 Å². The van der Waals surface area contributed by atoms with Crippen LogP contribution < -0.4 is 16.0 Å². The summed E-state index contributed by atoms with van der Waals surface area (Å²) in [4.78, 5) is 11.5. The summed E-state index contributed by atoms with van der Waals surface area (Å²) in [5.74, 6) is -0.0618. The minimum atomic E-state index is -0.0618. The fourth-order valence-electron chi connectivity index (χ4n) is 1.30. The third-order valence-electron chi connectivity index (χ3n) is 2.08. The minimum Gasteiger partial charge on any atom is -0.363 e. The van der Waals surface area contributed by atoms with Crippen molar-refractivity contribution in [2.45, 2.75) is 13.8 Å². The maximum Gasteiger partial charge on any atom is 0.251 e. The molecule has 0 bridgehead atoms. The molecule has 0 unspecified atom stereocenters. The molecule has 0 saturated carbocycles. The number of benzene rings is 1. The van der Waals surface area contributed by atoms with Crippen molar-refractivity contribution in [2.24, 2.45) is 0 Å². The summed E-state index contributed by atoms with van der Waals surface area (Å²) in [6.07, 6.45) is 0. The van der Waals surface area contributed by atoms with Crippen molar-refractivity contribution in [1.29, 1.82) is 0 Å². The summed E-state index contributed by atoms with van der Waals surface area (Å²) in [5, 5.41) is 9.35. The van der Waals surface area contributed by atoms with Gasteiger partial charge in [-0.3, -0.25) is 4.79 Å². The van der Waals surface area contributed by atoms with Crippen LogP contribution in [0.5, 0.6) is 0 Å². The first kappa shape index (κ1) is 13.4. The molecule has 0 radical (unpaired) electrons. The van der Waals surface area contributed by atoms with Gasteiger partial charge in [-0.2, -0.15) is 0 Å². The van der Waals surface area contributed by atoms with Gasteiger partial charge in [-0.1, -0.05) is 0 Å². The highest BCUT2D eigenvalue weighted by atomic mass is 32.1. The number of carbonyl (C=O) groups excluding carboxylic acids is 1. The SMILES string of the molecule is CCNC(=O)c1ccc(NC(=S)NCC)cc1. The Bertz CT molecular complexity index is 389. The molecule has 17 heavy (non-hydrogen) atoms. The van der Waals surface area contributed by atoms with Crippen LogP contribution in [0.2, 0.25) is 0 Å². The van der Waals surface area contributed by atoms with E-state index >= 15 is 0 Å². The van der Waals surface area contributed by atoms with E-state index in [0.29, 0.717) is 17.2 Å². The summed E-state index contributed by atoms with van der Waals surface area (Å²) in [5.41, 5.74) is 1.51. The van der Waals surface area contributed by atoms with Gasteiger partial charge in [0.2, 0.25) is 0 Å². The first-order valence-electron chi connectivity index (χ1n) is 5.60. The maximum atomic E-state index is 11.5. The molecule has 0 aromatic heterocycles. The molecule has 0 aliphatic heterocycles. The van der Waals surface area contributed by atoms with Crippen molar-refractivity contribution < 1.29 is 4.79 Å². The smallest absolute Gasteiger partial charge is 0.251 e. The van der Waals surface area contributed by atoms with Crippen LogP contribution in [-0.4, -0.2) is 24.1 Å². The lowest BCUT2D eigenvalue weighted by Crippen LogP contribution is -2.28. The van der Waals surface area contributed by atoms with E-state index in [9.17, 15) is 4.79 Å². The van der Waals surface area contributed by atoms with E-state index in [0.717, 1.165) is 12.2 Å². The Hall–Kier alpha value is -1.62. The Morgan fingerprint density at radius 1 is 1.12 bits per heavy atom. The molecule has 4 nitrogen and oxygen atoms in total. The molecule has 1 amide bonds. The van der Waals surface area contributed by atoms with Crippen LogP contribution >= 0.6 is 12.2 Å². The zero-order valence-corrected chi connectivity index (χ0v) is 10.9. The zero-order chi connectivity index (χ0) is 12.7. The summed E-state index contributed by atoms with van der Waals surface area (Å²) in [6.45, 7) is 5.28. The summed E-state index contributed by atoms with van der Waals surface area (Å²) < 4.78 is 0. The van der Waals surface area contributed by atoms with Crippen molar-refractivity contribution in [2.75, 3.05) is 18.4 Å². The molecule has 0 atom stereocenters. The lowest BCUT2D eigenvalue weighted by atomic mass is 10.2. The lowest BCUT2D eigenvalue weighted by Gasteiger charge is -2.09. The van der Waals surface area contributed by atoms with Gasteiger partial charge in [0.25, 0.3) is 5.91 Å². The van der Waals surface area contributed by atoms with Gasteiger partial charge in [-0.25, -0.2) is 0 Å². The fraction of sp³-hybridized carbons (Fsp3) is 0.333. The topological polar surface area (TPSA) is 53.2 Å². The number of rotatable bonds is 4. The Morgan fingerprint density at radius 2 is 1.71 bits per heavy atom. The van der Waals surface area contributed by atoms with E-state index in [1.807, 2.05) is 26.0 Å². The quantitative estimate of drug-likeness (QED) is 0.714. The molecule has 1 aromatic rings.